The lowest BCUT2D eigenvalue weighted by atomic mass is 9.94. The van der Waals surface area contributed by atoms with E-state index in [9.17, 15) is 0 Å². The molecule has 0 bridgehead atoms. The summed E-state index contributed by atoms with van der Waals surface area (Å²) in [5, 5.41) is 0. The molecule has 2 heteroatoms. The smallest absolute Gasteiger partial charge is 0.0124 e. The highest BCUT2D eigenvalue weighted by Crippen LogP contribution is 2.60. The van der Waals surface area contributed by atoms with Gasteiger partial charge in [0, 0.05) is 49.1 Å². The minimum Gasteiger partial charge on any atom is -0.300 e. The maximum atomic E-state index is 2.63. The van der Waals surface area contributed by atoms with Gasteiger partial charge in [0.1, 0.15) is 0 Å². The zero-order valence-electron chi connectivity index (χ0n) is 21.1. The first-order chi connectivity index (χ1) is 15.2. The molecule has 2 aliphatic carbocycles. The molecule has 4 fully saturated rings. The van der Waals surface area contributed by atoms with Crippen LogP contribution >= 0.6 is 0 Å². The van der Waals surface area contributed by atoms with Crippen molar-refractivity contribution in [1.82, 2.24) is 9.80 Å². The number of piperidine rings is 2. The number of benzene rings is 2. The highest BCUT2D eigenvalue weighted by molar-refractivity contribution is 5.39. The van der Waals surface area contributed by atoms with Crippen LogP contribution in [0.3, 0.4) is 0 Å². The summed E-state index contributed by atoms with van der Waals surface area (Å²) in [6, 6.07) is 19.8. The van der Waals surface area contributed by atoms with Gasteiger partial charge >= 0.3 is 0 Å². The molecule has 0 radical (unpaired) electrons. The first-order valence-corrected chi connectivity index (χ1v) is 12.9. The van der Waals surface area contributed by atoms with Crippen molar-refractivity contribution >= 4 is 0 Å². The first kappa shape index (κ1) is 22.2. The van der Waals surface area contributed by atoms with Crippen molar-refractivity contribution in [1.29, 1.82) is 0 Å². The molecule has 172 valence electrons. The van der Waals surface area contributed by atoms with Crippen molar-refractivity contribution in [2.45, 2.75) is 77.3 Å². The topological polar surface area (TPSA) is 6.48 Å². The molecule has 0 aromatic heterocycles. The van der Waals surface area contributed by atoms with Crippen LogP contribution in [0.1, 0.15) is 62.8 Å². The van der Waals surface area contributed by atoms with Gasteiger partial charge < -0.3 is 0 Å². The molecule has 2 nitrogen and oxygen atoms in total. The summed E-state index contributed by atoms with van der Waals surface area (Å²) in [5.41, 5.74) is 6.94. The summed E-state index contributed by atoms with van der Waals surface area (Å²) in [7, 11) is 0. The van der Waals surface area contributed by atoms with E-state index in [1.807, 2.05) is 0 Å². The van der Waals surface area contributed by atoms with Gasteiger partial charge in [-0.25, -0.2) is 0 Å². The van der Waals surface area contributed by atoms with Crippen LogP contribution in [0.4, 0.5) is 0 Å². The van der Waals surface area contributed by atoms with Gasteiger partial charge in [0.25, 0.3) is 0 Å². The monoisotopic (exact) mass is 430 g/mol. The molecule has 6 rings (SSSR count). The second-order valence-electron chi connectivity index (χ2n) is 11.9. The van der Waals surface area contributed by atoms with Gasteiger partial charge in [-0.2, -0.15) is 0 Å². The summed E-state index contributed by atoms with van der Waals surface area (Å²) in [5.74, 6) is 1.86. The molecule has 2 aromatic carbocycles. The van der Waals surface area contributed by atoms with E-state index in [2.05, 4.69) is 99.9 Å². The SMILES string of the molecule is Cc1ccc([C@@]23C[C@@H]2CN(C(C)C)C3)cc1.Cc1ccc([C@]23C[C@H]2CN(C(C)C)C3)cc1. The third-order valence-electron chi connectivity index (χ3n) is 9.06. The molecule has 0 spiro atoms. The van der Waals surface area contributed by atoms with E-state index in [0.29, 0.717) is 22.9 Å². The van der Waals surface area contributed by atoms with Gasteiger partial charge in [-0.3, -0.25) is 9.80 Å². The maximum Gasteiger partial charge on any atom is 0.0124 e. The number of likely N-dealkylation sites (tertiary alicyclic amines) is 2. The molecule has 32 heavy (non-hydrogen) atoms. The second-order valence-corrected chi connectivity index (χ2v) is 11.9. The minimum atomic E-state index is 0.526. The van der Waals surface area contributed by atoms with Gasteiger partial charge in [0.05, 0.1) is 0 Å². The zero-order chi connectivity index (χ0) is 22.7. The van der Waals surface area contributed by atoms with Crippen LogP contribution in [-0.4, -0.2) is 48.1 Å². The fourth-order valence-corrected chi connectivity index (χ4v) is 6.49. The molecule has 2 heterocycles. The summed E-state index contributed by atoms with van der Waals surface area (Å²) in [6.07, 6.45) is 2.83. The molecule has 0 amide bonds. The summed E-state index contributed by atoms with van der Waals surface area (Å²) in [4.78, 5) is 5.27. The van der Waals surface area contributed by atoms with E-state index in [0.717, 1.165) is 11.8 Å². The minimum absolute atomic E-state index is 0.526. The van der Waals surface area contributed by atoms with Crippen LogP contribution < -0.4 is 0 Å². The third kappa shape index (κ3) is 3.84. The van der Waals surface area contributed by atoms with Crippen LogP contribution in [0, 0.1) is 25.7 Å². The van der Waals surface area contributed by atoms with Gasteiger partial charge in [-0.15, -0.1) is 0 Å². The Kier molecular flexibility index (Phi) is 5.54. The normalized spacial score (nSPS) is 33.1. The number of aryl methyl sites for hydroxylation is 2. The van der Waals surface area contributed by atoms with Crippen LogP contribution in [0.25, 0.3) is 0 Å². The first-order valence-electron chi connectivity index (χ1n) is 12.9. The molecule has 4 aliphatic rings. The van der Waals surface area contributed by atoms with Crippen molar-refractivity contribution in [3.8, 4) is 0 Å². The van der Waals surface area contributed by atoms with Crippen molar-refractivity contribution in [2.24, 2.45) is 11.8 Å². The van der Waals surface area contributed by atoms with Crippen molar-refractivity contribution in [3.05, 3.63) is 70.8 Å². The molecule has 2 saturated heterocycles. The number of nitrogens with zero attached hydrogens (tertiary/aromatic N) is 2. The lowest BCUT2D eigenvalue weighted by Gasteiger charge is -2.24. The summed E-state index contributed by atoms with van der Waals surface area (Å²) in [6.45, 7) is 18.8. The van der Waals surface area contributed by atoms with Crippen LogP contribution in [0.2, 0.25) is 0 Å². The Morgan fingerprint density at radius 3 is 1.25 bits per heavy atom. The van der Waals surface area contributed by atoms with E-state index in [1.165, 1.54) is 50.1 Å². The van der Waals surface area contributed by atoms with Crippen LogP contribution in [0.5, 0.6) is 0 Å². The Bertz CT molecular complexity index is 864. The maximum absolute atomic E-state index is 2.63. The highest BCUT2D eigenvalue weighted by atomic mass is 15.2. The molecular formula is C30H42N2. The third-order valence-corrected chi connectivity index (χ3v) is 9.06. The second kappa shape index (κ2) is 7.99. The number of rotatable bonds is 4. The molecule has 0 unspecified atom stereocenters. The molecule has 2 aromatic rings. The van der Waals surface area contributed by atoms with Crippen molar-refractivity contribution in [2.75, 3.05) is 26.2 Å². The van der Waals surface area contributed by atoms with E-state index in [-0.39, 0.29) is 0 Å². The fourth-order valence-electron chi connectivity index (χ4n) is 6.49. The van der Waals surface area contributed by atoms with E-state index in [1.54, 1.807) is 11.1 Å². The van der Waals surface area contributed by atoms with Crippen LogP contribution in [0.15, 0.2) is 48.5 Å². The predicted octanol–water partition coefficient (Wildman–Crippen LogP) is 5.95. The highest BCUT2D eigenvalue weighted by Gasteiger charge is 2.61. The lowest BCUT2D eigenvalue weighted by molar-refractivity contribution is 0.243. The predicted molar refractivity (Wildman–Crippen MR) is 135 cm³/mol. The standard InChI is InChI=1S/2C15H21N/c2*1-11(2)16-9-14-8-15(14,10-16)13-6-4-12(3)5-7-13/h2*4-7,11,14H,8-10H2,1-3H3/t2*14-,15+/m10/s1. The Balaban J connectivity index is 0.000000135. The number of fused-ring (bicyclic) bond motifs is 2. The summed E-state index contributed by atoms with van der Waals surface area (Å²) < 4.78 is 0. The molecule has 2 aliphatic heterocycles. The van der Waals surface area contributed by atoms with E-state index in [4.69, 9.17) is 0 Å². The van der Waals surface area contributed by atoms with E-state index < -0.39 is 0 Å². The molecular weight excluding hydrogens is 388 g/mol. The Hall–Kier alpha value is -1.64. The molecule has 0 N–H and O–H groups in total. The van der Waals surface area contributed by atoms with Gasteiger partial charge in [0.2, 0.25) is 0 Å². The van der Waals surface area contributed by atoms with Crippen molar-refractivity contribution in [3.63, 3.8) is 0 Å². The quantitative estimate of drug-likeness (QED) is 0.591. The average Bonchev–Trinajstić information content (AvgIpc) is 3.56. The van der Waals surface area contributed by atoms with E-state index >= 15 is 0 Å². The lowest BCUT2D eigenvalue weighted by Crippen LogP contribution is -2.32. The average molecular weight is 431 g/mol. The van der Waals surface area contributed by atoms with Gasteiger partial charge in [0.15, 0.2) is 0 Å². The Morgan fingerprint density at radius 1 is 0.625 bits per heavy atom. The fraction of sp³-hybridized carbons (Fsp3) is 0.600. The largest absolute Gasteiger partial charge is 0.300 e. The Morgan fingerprint density at radius 2 is 0.969 bits per heavy atom. The van der Waals surface area contributed by atoms with Gasteiger partial charge in [-0.1, -0.05) is 59.7 Å². The van der Waals surface area contributed by atoms with Crippen LogP contribution in [-0.2, 0) is 10.8 Å². The molecule has 2 saturated carbocycles. The Labute approximate surface area is 196 Å². The number of hydrogen-bond donors (Lipinski definition) is 0. The van der Waals surface area contributed by atoms with Gasteiger partial charge in [-0.05, 0) is 77.3 Å². The number of hydrogen-bond acceptors (Lipinski definition) is 2. The molecule has 4 atom stereocenters. The van der Waals surface area contributed by atoms with Crippen molar-refractivity contribution < 1.29 is 0 Å². The zero-order valence-corrected chi connectivity index (χ0v) is 21.1. The summed E-state index contributed by atoms with van der Waals surface area (Å²) >= 11 is 0.